The van der Waals surface area contributed by atoms with Gasteiger partial charge in [0.05, 0.1) is 28.6 Å². The number of aromatic amines is 2. The lowest BCUT2D eigenvalue weighted by Crippen LogP contribution is -2.27. The van der Waals surface area contributed by atoms with Crippen molar-refractivity contribution in [2.24, 2.45) is 5.41 Å². The van der Waals surface area contributed by atoms with Crippen molar-refractivity contribution in [3.8, 4) is 28.5 Å². The van der Waals surface area contributed by atoms with Crippen molar-refractivity contribution in [2.75, 3.05) is 5.32 Å². The first-order chi connectivity index (χ1) is 18.2. The molecule has 0 unspecified atom stereocenters. The molecule has 6 aromatic rings. The number of aromatic nitrogens is 8. The maximum Gasteiger partial charge on any atom is 0.229 e. The number of imidazole rings is 2. The second kappa shape index (κ2) is 8.58. The van der Waals surface area contributed by atoms with Gasteiger partial charge in [-0.1, -0.05) is 20.8 Å². The summed E-state index contributed by atoms with van der Waals surface area (Å²) in [6, 6.07) is 6.64. The molecule has 1 aromatic carbocycles. The second-order valence-corrected chi connectivity index (χ2v) is 10.2. The Morgan fingerprint density at radius 3 is 2.71 bits per heavy atom. The molecule has 190 valence electrons. The molecule has 0 aliphatic carbocycles. The Hall–Kier alpha value is -4.93. The highest BCUT2D eigenvalue weighted by Gasteiger charge is 2.22. The van der Waals surface area contributed by atoms with E-state index in [2.05, 4.69) is 35.5 Å². The van der Waals surface area contributed by atoms with Gasteiger partial charge >= 0.3 is 0 Å². The molecule has 5 aromatic heterocycles. The topological polar surface area (TPSA) is 130 Å². The molecule has 38 heavy (non-hydrogen) atoms. The molecular weight excluding hydrogens is 485 g/mol. The number of aryl methyl sites for hydroxylation is 1. The molecule has 1 amide bonds. The predicted molar refractivity (Wildman–Crippen MR) is 142 cm³/mol. The number of carbonyl (C=O) groups excluding carboxylic acids is 1. The van der Waals surface area contributed by atoms with E-state index in [0.29, 0.717) is 50.6 Å². The van der Waals surface area contributed by atoms with Crippen molar-refractivity contribution in [1.29, 1.82) is 0 Å². The van der Waals surface area contributed by atoms with Crippen LogP contribution in [0.1, 0.15) is 26.5 Å². The summed E-state index contributed by atoms with van der Waals surface area (Å²) in [6.07, 6.45) is 8.36. The summed E-state index contributed by atoms with van der Waals surface area (Å²) >= 11 is 0. The maximum absolute atomic E-state index is 15.2. The summed E-state index contributed by atoms with van der Waals surface area (Å²) < 4.78 is 17.0. The van der Waals surface area contributed by atoms with Crippen molar-refractivity contribution in [3.05, 3.63) is 66.9 Å². The van der Waals surface area contributed by atoms with Crippen LogP contribution < -0.4 is 5.32 Å². The van der Waals surface area contributed by atoms with Crippen molar-refractivity contribution < 1.29 is 9.18 Å². The average molecular weight is 510 g/mol. The first kappa shape index (κ1) is 23.5. The smallest absolute Gasteiger partial charge is 0.229 e. The van der Waals surface area contributed by atoms with Crippen LogP contribution in [0, 0.1) is 18.2 Å². The molecule has 3 N–H and O–H groups in total. The van der Waals surface area contributed by atoms with Crippen molar-refractivity contribution in [1.82, 2.24) is 39.7 Å². The minimum atomic E-state index is -0.579. The van der Waals surface area contributed by atoms with E-state index in [1.807, 2.05) is 44.5 Å². The first-order valence-corrected chi connectivity index (χ1v) is 12.0. The second-order valence-electron chi connectivity index (χ2n) is 10.2. The van der Waals surface area contributed by atoms with Gasteiger partial charge in [0, 0.05) is 46.6 Å². The normalized spacial score (nSPS) is 11.9. The number of fused-ring (bicyclic) bond motifs is 2. The minimum absolute atomic E-state index is 0.158. The van der Waals surface area contributed by atoms with Gasteiger partial charge in [0.1, 0.15) is 23.4 Å². The molecule has 11 heteroatoms. The van der Waals surface area contributed by atoms with Crippen LogP contribution in [0.4, 0.5) is 10.1 Å². The fraction of sp³-hybridized carbons (Fsp3) is 0.185. The summed E-state index contributed by atoms with van der Waals surface area (Å²) in [5.74, 6) is 0.547. The average Bonchev–Trinajstić information content (AvgIpc) is 3.60. The lowest BCUT2D eigenvalue weighted by atomic mass is 9.95. The minimum Gasteiger partial charge on any atom is -0.336 e. The van der Waals surface area contributed by atoms with Gasteiger partial charge < -0.3 is 10.3 Å². The van der Waals surface area contributed by atoms with Crippen LogP contribution in [0.3, 0.4) is 0 Å². The standard InChI is InChI=1S/C27H24FN9O/c1-14-12-37(13-31-14)25-23-20(5-6-30-25)33-24(34-23)22-18-8-17(19(28)9-21(18)35-36-22)15-7-16(11-29-10-15)32-26(38)27(2,3)4/h5-13H,1-4H3,(H,32,38)(H,33,34)(H,35,36). The Bertz CT molecular complexity index is 1840. The molecule has 0 fully saturated rings. The van der Waals surface area contributed by atoms with Gasteiger partial charge in [-0.2, -0.15) is 5.10 Å². The number of hydrogen-bond donors (Lipinski definition) is 3. The van der Waals surface area contributed by atoms with Crippen LogP contribution >= 0.6 is 0 Å². The van der Waals surface area contributed by atoms with Crippen LogP contribution in [0.15, 0.2) is 55.4 Å². The first-order valence-electron chi connectivity index (χ1n) is 12.0. The van der Waals surface area contributed by atoms with Crippen LogP contribution in [0.2, 0.25) is 0 Å². The molecule has 0 aliphatic heterocycles. The van der Waals surface area contributed by atoms with E-state index in [0.717, 1.165) is 11.2 Å². The van der Waals surface area contributed by atoms with E-state index in [1.165, 1.54) is 12.3 Å². The molecule has 0 atom stereocenters. The number of H-pyrrole nitrogens is 2. The number of nitrogens with zero attached hydrogens (tertiary/aromatic N) is 6. The van der Waals surface area contributed by atoms with Crippen molar-refractivity contribution in [2.45, 2.75) is 27.7 Å². The number of rotatable bonds is 4. The summed E-state index contributed by atoms with van der Waals surface area (Å²) in [5, 5.41) is 10.9. The van der Waals surface area contributed by atoms with E-state index in [1.54, 1.807) is 30.9 Å². The van der Waals surface area contributed by atoms with Gasteiger partial charge in [-0.05, 0) is 25.1 Å². The largest absolute Gasteiger partial charge is 0.336 e. The number of carbonyl (C=O) groups is 1. The number of amides is 1. The molecule has 6 rings (SSSR count). The van der Waals surface area contributed by atoms with Crippen LogP contribution in [-0.2, 0) is 4.79 Å². The summed E-state index contributed by atoms with van der Waals surface area (Å²) in [6.45, 7) is 7.37. The zero-order valence-electron chi connectivity index (χ0n) is 21.2. The third-order valence-corrected chi connectivity index (χ3v) is 6.20. The SMILES string of the molecule is Cc1cn(-c2nccc3[nH]c(-c4n[nH]c5cc(F)c(-c6cncc(NC(=O)C(C)(C)C)c6)cc45)nc23)cn1. The predicted octanol–water partition coefficient (Wildman–Crippen LogP) is 5.18. The Morgan fingerprint density at radius 2 is 1.95 bits per heavy atom. The summed E-state index contributed by atoms with van der Waals surface area (Å²) in [7, 11) is 0. The monoisotopic (exact) mass is 509 g/mol. The van der Waals surface area contributed by atoms with Crippen LogP contribution in [0.25, 0.3) is 50.4 Å². The van der Waals surface area contributed by atoms with Crippen molar-refractivity contribution in [3.63, 3.8) is 0 Å². The Labute approximate surface area is 216 Å². The number of nitrogens with one attached hydrogen (secondary N) is 3. The lowest BCUT2D eigenvalue weighted by molar-refractivity contribution is -0.123. The number of anilines is 1. The van der Waals surface area contributed by atoms with Gasteiger partial charge in [0.15, 0.2) is 11.6 Å². The number of benzene rings is 1. The molecule has 0 radical (unpaired) electrons. The third-order valence-electron chi connectivity index (χ3n) is 6.20. The van der Waals surface area contributed by atoms with Gasteiger partial charge in [-0.3, -0.25) is 19.4 Å². The number of hydrogen-bond acceptors (Lipinski definition) is 6. The Morgan fingerprint density at radius 1 is 1.11 bits per heavy atom. The zero-order chi connectivity index (χ0) is 26.6. The summed E-state index contributed by atoms with van der Waals surface area (Å²) in [5.41, 5.74) is 4.12. The highest BCUT2D eigenvalue weighted by Crippen LogP contribution is 2.33. The van der Waals surface area contributed by atoms with E-state index >= 15 is 4.39 Å². The van der Waals surface area contributed by atoms with Gasteiger partial charge in [0.25, 0.3) is 0 Å². The van der Waals surface area contributed by atoms with E-state index in [9.17, 15) is 4.79 Å². The highest BCUT2D eigenvalue weighted by molar-refractivity contribution is 5.97. The quantitative estimate of drug-likeness (QED) is 0.300. The molecule has 0 saturated carbocycles. The van der Waals surface area contributed by atoms with Crippen LogP contribution in [0.5, 0.6) is 0 Å². The maximum atomic E-state index is 15.2. The number of halogens is 1. The molecule has 0 bridgehead atoms. The van der Waals surface area contributed by atoms with Crippen LogP contribution in [-0.4, -0.2) is 45.6 Å². The Balaban J connectivity index is 1.43. The molecule has 0 spiro atoms. The lowest BCUT2D eigenvalue weighted by Gasteiger charge is -2.17. The van der Waals surface area contributed by atoms with Crippen molar-refractivity contribution >= 4 is 33.5 Å². The molecule has 5 heterocycles. The van der Waals surface area contributed by atoms with E-state index in [4.69, 9.17) is 4.98 Å². The fourth-order valence-corrected chi connectivity index (χ4v) is 4.17. The molecule has 10 nitrogen and oxygen atoms in total. The highest BCUT2D eigenvalue weighted by atomic mass is 19.1. The van der Waals surface area contributed by atoms with E-state index in [-0.39, 0.29) is 5.91 Å². The van der Waals surface area contributed by atoms with E-state index < -0.39 is 11.2 Å². The third kappa shape index (κ3) is 4.07. The zero-order valence-corrected chi connectivity index (χ0v) is 21.2. The van der Waals surface area contributed by atoms with Gasteiger partial charge in [-0.15, -0.1) is 0 Å². The summed E-state index contributed by atoms with van der Waals surface area (Å²) in [4.78, 5) is 33.5. The van der Waals surface area contributed by atoms with Gasteiger partial charge in [-0.25, -0.2) is 19.3 Å². The molecule has 0 aliphatic rings. The Kier molecular flexibility index (Phi) is 5.30. The number of pyridine rings is 2. The molecule has 0 saturated heterocycles. The molecular formula is C27H24FN9O. The fourth-order valence-electron chi connectivity index (χ4n) is 4.17. The van der Waals surface area contributed by atoms with Gasteiger partial charge in [0.2, 0.25) is 5.91 Å².